The van der Waals surface area contributed by atoms with Crippen LogP contribution in [-0.2, 0) is 10.0 Å². The molecule has 0 saturated heterocycles. The molecule has 0 aliphatic carbocycles. The average Bonchev–Trinajstić information content (AvgIpc) is 2.54. The maximum absolute atomic E-state index is 12.1. The molecule has 0 atom stereocenters. The van der Waals surface area contributed by atoms with Gasteiger partial charge in [-0.05, 0) is 18.2 Å². The monoisotopic (exact) mass is 351 g/mol. The molecule has 0 radical (unpaired) electrons. The molecule has 24 heavy (non-hydrogen) atoms. The highest BCUT2D eigenvalue weighted by molar-refractivity contribution is 7.90. The Morgan fingerprint density at radius 3 is 2.04 bits per heavy atom. The minimum absolute atomic E-state index is 0.116. The number of rotatable bonds is 5. The lowest BCUT2D eigenvalue weighted by Crippen LogP contribution is -2.30. The zero-order chi connectivity index (χ0) is 17.9. The number of carbonyl (C=O) groups is 1. The molecule has 0 bridgehead atoms. The maximum Gasteiger partial charge on any atom is 0.270 e. The highest BCUT2D eigenvalue weighted by Crippen LogP contribution is 2.18. The second-order valence-corrected chi connectivity index (χ2v) is 6.18. The van der Waals surface area contributed by atoms with E-state index in [-0.39, 0.29) is 11.3 Å². The highest BCUT2D eigenvalue weighted by atomic mass is 32.2. The summed E-state index contributed by atoms with van der Waals surface area (Å²) in [6.45, 7) is 0. The van der Waals surface area contributed by atoms with Gasteiger partial charge in [-0.1, -0.05) is 6.07 Å². The minimum Gasteiger partial charge on any atom is -0.268 e. The van der Waals surface area contributed by atoms with Gasteiger partial charge in [0.2, 0.25) is 0 Å². The SMILES string of the molecule is O=C(NS(=O)(=O)c1cccc([N+](=O)[O-])c1)c1ccc([N+](=O)[O-])cc1. The molecule has 2 rings (SSSR count). The molecular formula is C13H9N3O7S. The molecule has 0 fully saturated rings. The van der Waals surface area contributed by atoms with E-state index in [0.29, 0.717) is 0 Å². The molecule has 0 aliphatic rings. The van der Waals surface area contributed by atoms with E-state index in [2.05, 4.69) is 0 Å². The van der Waals surface area contributed by atoms with Crippen molar-refractivity contribution in [2.75, 3.05) is 0 Å². The lowest BCUT2D eigenvalue weighted by Gasteiger charge is -2.06. The molecule has 2 aromatic carbocycles. The van der Waals surface area contributed by atoms with E-state index in [1.54, 1.807) is 4.72 Å². The first-order chi connectivity index (χ1) is 11.2. The van der Waals surface area contributed by atoms with Gasteiger partial charge in [0.15, 0.2) is 0 Å². The number of sulfonamides is 1. The number of amides is 1. The standard InChI is InChI=1S/C13H9N3O7S/c17-13(9-4-6-10(7-5-9)15(18)19)14-24(22,23)12-3-1-2-11(8-12)16(20)21/h1-8H,(H,14,17). The summed E-state index contributed by atoms with van der Waals surface area (Å²) in [5.41, 5.74) is -0.816. The largest absolute Gasteiger partial charge is 0.270 e. The number of nitro benzene ring substituents is 2. The smallest absolute Gasteiger partial charge is 0.268 e. The van der Waals surface area contributed by atoms with Crippen LogP contribution in [0.1, 0.15) is 10.4 Å². The molecule has 0 saturated carbocycles. The van der Waals surface area contributed by atoms with Crippen molar-refractivity contribution in [3.8, 4) is 0 Å². The van der Waals surface area contributed by atoms with Crippen LogP contribution in [0.4, 0.5) is 11.4 Å². The van der Waals surface area contributed by atoms with E-state index < -0.39 is 36.4 Å². The first kappa shape index (κ1) is 17.0. The van der Waals surface area contributed by atoms with Gasteiger partial charge in [-0.3, -0.25) is 25.0 Å². The van der Waals surface area contributed by atoms with Crippen molar-refractivity contribution in [2.24, 2.45) is 0 Å². The maximum atomic E-state index is 12.1. The van der Waals surface area contributed by atoms with Crippen molar-refractivity contribution in [1.82, 2.24) is 4.72 Å². The zero-order valence-corrected chi connectivity index (χ0v) is 12.6. The van der Waals surface area contributed by atoms with Gasteiger partial charge in [0.1, 0.15) is 0 Å². The second kappa shape index (κ2) is 6.42. The predicted octanol–water partition coefficient (Wildman–Crippen LogP) is 1.62. The number of hydrogen-bond donors (Lipinski definition) is 1. The van der Waals surface area contributed by atoms with Crippen LogP contribution in [0.15, 0.2) is 53.4 Å². The van der Waals surface area contributed by atoms with Gasteiger partial charge in [-0.15, -0.1) is 0 Å². The summed E-state index contributed by atoms with van der Waals surface area (Å²) < 4.78 is 26.0. The first-order valence-corrected chi connectivity index (χ1v) is 7.75. The van der Waals surface area contributed by atoms with Crippen molar-refractivity contribution in [1.29, 1.82) is 0 Å². The molecule has 0 heterocycles. The Morgan fingerprint density at radius 1 is 0.917 bits per heavy atom. The molecule has 1 N–H and O–H groups in total. The summed E-state index contributed by atoms with van der Waals surface area (Å²) in [6, 6.07) is 8.47. The summed E-state index contributed by atoms with van der Waals surface area (Å²) in [6.07, 6.45) is 0. The van der Waals surface area contributed by atoms with Crippen LogP contribution in [0, 0.1) is 20.2 Å². The first-order valence-electron chi connectivity index (χ1n) is 6.27. The van der Waals surface area contributed by atoms with E-state index in [1.807, 2.05) is 0 Å². The van der Waals surface area contributed by atoms with E-state index in [9.17, 15) is 33.4 Å². The van der Waals surface area contributed by atoms with Crippen molar-refractivity contribution in [3.05, 3.63) is 74.3 Å². The van der Waals surface area contributed by atoms with E-state index in [1.165, 1.54) is 6.07 Å². The summed E-state index contributed by atoms with van der Waals surface area (Å²) in [7, 11) is -4.33. The fraction of sp³-hybridized carbons (Fsp3) is 0. The van der Waals surface area contributed by atoms with Crippen molar-refractivity contribution >= 4 is 27.3 Å². The van der Waals surface area contributed by atoms with Crippen molar-refractivity contribution < 1.29 is 23.1 Å². The van der Waals surface area contributed by atoms with Crippen LogP contribution in [0.2, 0.25) is 0 Å². The van der Waals surface area contributed by atoms with Crippen LogP contribution in [-0.4, -0.2) is 24.2 Å². The molecule has 0 aliphatic heterocycles. The van der Waals surface area contributed by atoms with E-state index in [4.69, 9.17) is 0 Å². The van der Waals surface area contributed by atoms with Gasteiger partial charge in [0.25, 0.3) is 27.3 Å². The highest BCUT2D eigenvalue weighted by Gasteiger charge is 2.21. The Balaban J connectivity index is 2.25. The summed E-state index contributed by atoms with van der Waals surface area (Å²) in [5.74, 6) is -1.02. The number of non-ortho nitro benzene ring substituents is 2. The third kappa shape index (κ3) is 3.70. The fourth-order valence-electron chi connectivity index (χ4n) is 1.74. The van der Waals surface area contributed by atoms with E-state index in [0.717, 1.165) is 42.5 Å². The molecule has 2 aromatic rings. The molecule has 124 valence electrons. The number of carbonyl (C=O) groups excluding carboxylic acids is 1. The minimum atomic E-state index is -4.33. The number of nitrogens with one attached hydrogen (secondary N) is 1. The van der Waals surface area contributed by atoms with Crippen LogP contribution >= 0.6 is 0 Å². The number of hydrogen-bond acceptors (Lipinski definition) is 7. The van der Waals surface area contributed by atoms with Gasteiger partial charge >= 0.3 is 0 Å². The number of nitro groups is 2. The molecule has 0 unspecified atom stereocenters. The van der Waals surface area contributed by atoms with Crippen LogP contribution in [0.5, 0.6) is 0 Å². The van der Waals surface area contributed by atoms with Crippen molar-refractivity contribution in [2.45, 2.75) is 4.90 Å². The quantitative estimate of drug-likeness (QED) is 0.635. The Labute approximate surface area is 135 Å². The Hall–Kier alpha value is -3.34. The van der Waals surface area contributed by atoms with Crippen molar-refractivity contribution in [3.63, 3.8) is 0 Å². The summed E-state index contributed by atoms with van der Waals surface area (Å²) >= 11 is 0. The third-order valence-corrected chi connectivity index (χ3v) is 4.23. The third-order valence-electron chi connectivity index (χ3n) is 2.91. The van der Waals surface area contributed by atoms with Crippen LogP contribution < -0.4 is 4.72 Å². The second-order valence-electron chi connectivity index (χ2n) is 4.49. The topological polar surface area (TPSA) is 150 Å². The lowest BCUT2D eigenvalue weighted by molar-refractivity contribution is -0.385. The fourth-order valence-corrected chi connectivity index (χ4v) is 2.75. The van der Waals surface area contributed by atoms with Crippen LogP contribution in [0.3, 0.4) is 0 Å². The van der Waals surface area contributed by atoms with Gasteiger partial charge in [-0.2, -0.15) is 0 Å². The molecule has 0 spiro atoms. The van der Waals surface area contributed by atoms with Gasteiger partial charge in [-0.25, -0.2) is 13.1 Å². The van der Waals surface area contributed by atoms with Crippen LogP contribution in [0.25, 0.3) is 0 Å². The Kier molecular flexibility index (Phi) is 4.55. The summed E-state index contributed by atoms with van der Waals surface area (Å²) in [5, 5.41) is 21.2. The number of benzene rings is 2. The zero-order valence-electron chi connectivity index (χ0n) is 11.8. The summed E-state index contributed by atoms with van der Waals surface area (Å²) in [4.78, 5) is 31.3. The lowest BCUT2D eigenvalue weighted by atomic mass is 10.2. The molecule has 11 heteroatoms. The normalized spacial score (nSPS) is 10.8. The number of nitrogens with zero attached hydrogens (tertiary/aromatic N) is 2. The van der Waals surface area contributed by atoms with Gasteiger partial charge < -0.3 is 0 Å². The van der Waals surface area contributed by atoms with Gasteiger partial charge in [0, 0.05) is 29.8 Å². The Bertz CT molecular complexity index is 923. The predicted molar refractivity (Wildman–Crippen MR) is 80.8 cm³/mol. The van der Waals surface area contributed by atoms with E-state index >= 15 is 0 Å². The van der Waals surface area contributed by atoms with Gasteiger partial charge in [0.05, 0.1) is 14.7 Å². The molecule has 1 amide bonds. The Morgan fingerprint density at radius 2 is 1.50 bits per heavy atom. The molecule has 0 aromatic heterocycles. The molecule has 10 nitrogen and oxygen atoms in total. The molecular weight excluding hydrogens is 342 g/mol. The average molecular weight is 351 g/mol.